The highest BCUT2D eigenvalue weighted by molar-refractivity contribution is 5.94. The Morgan fingerprint density at radius 3 is 2.18 bits per heavy atom. The molecule has 3 N–H and O–H groups in total. The maximum atomic E-state index is 12.9. The third-order valence-corrected chi connectivity index (χ3v) is 6.31. The van der Waals surface area contributed by atoms with Gasteiger partial charge in [-0.3, -0.25) is 14.5 Å². The maximum Gasteiger partial charge on any atom is 0.234 e. The molecule has 1 saturated heterocycles. The summed E-state index contributed by atoms with van der Waals surface area (Å²) in [7, 11) is 0. The van der Waals surface area contributed by atoms with E-state index < -0.39 is 0 Å². The first kappa shape index (κ1) is 23.5. The maximum absolute atomic E-state index is 12.9. The van der Waals surface area contributed by atoms with Crippen LogP contribution in [-0.4, -0.2) is 41.5 Å². The van der Waals surface area contributed by atoms with Crippen molar-refractivity contribution in [3.63, 3.8) is 0 Å². The number of hydrogen-bond acceptors (Lipinski definition) is 4. The van der Waals surface area contributed by atoms with Crippen molar-refractivity contribution in [3.05, 3.63) is 96.1 Å². The number of anilines is 1. The number of para-hydroxylation sites is 2. The van der Waals surface area contributed by atoms with Gasteiger partial charge in [-0.25, -0.2) is 0 Å². The molecule has 0 unspecified atom stereocenters. The topological polar surface area (TPSA) is 81.7 Å². The number of piperidine rings is 1. The highest BCUT2D eigenvalue weighted by Crippen LogP contribution is 2.25. The first-order valence-electron chi connectivity index (χ1n) is 11.8. The molecule has 6 nitrogen and oxygen atoms in total. The molecule has 0 aromatic heterocycles. The summed E-state index contributed by atoms with van der Waals surface area (Å²) in [6, 6.07) is 26.8. The van der Waals surface area contributed by atoms with Crippen molar-refractivity contribution < 1.29 is 14.7 Å². The van der Waals surface area contributed by atoms with Gasteiger partial charge in [0.15, 0.2) is 0 Å². The Kier molecular flexibility index (Phi) is 7.94. The molecule has 6 heteroatoms. The molecule has 0 saturated carbocycles. The van der Waals surface area contributed by atoms with Crippen LogP contribution in [0.3, 0.4) is 0 Å². The number of aromatic hydroxyl groups is 1. The fraction of sp³-hybridized carbons (Fsp3) is 0.286. The van der Waals surface area contributed by atoms with Crippen LogP contribution in [0.5, 0.6) is 5.75 Å². The summed E-state index contributed by atoms with van der Waals surface area (Å²) in [5.74, 6) is -0.165. The first-order chi connectivity index (χ1) is 16.6. The van der Waals surface area contributed by atoms with E-state index in [0.29, 0.717) is 38.2 Å². The molecule has 176 valence electrons. The number of likely N-dealkylation sites (tertiary alicyclic amines) is 1. The molecule has 3 aromatic rings. The van der Waals surface area contributed by atoms with Gasteiger partial charge in [-0.1, -0.05) is 72.8 Å². The van der Waals surface area contributed by atoms with E-state index in [1.54, 1.807) is 24.3 Å². The molecule has 1 atom stereocenters. The Balaban J connectivity index is 1.29. The Labute approximate surface area is 200 Å². The molecule has 1 fully saturated rings. The van der Waals surface area contributed by atoms with Crippen LogP contribution in [0.4, 0.5) is 5.69 Å². The van der Waals surface area contributed by atoms with E-state index in [-0.39, 0.29) is 29.5 Å². The summed E-state index contributed by atoms with van der Waals surface area (Å²) in [4.78, 5) is 27.6. The molecule has 0 spiro atoms. The quantitative estimate of drug-likeness (QED) is 0.444. The molecule has 34 heavy (non-hydrogen) atoms. The Morgan fingerprint density at radius 1 is 0.882 bits per heavy atom. The van der Waals surface area contributed by atoms with Gasteiger partial charge in [0.2, 0.25) is 11.8 Å². The number of rotatable bonds is 8. The second-order valence-electron chi connectivity index (χ2n) is 8.78. The summed E-state index contributed by atoms with van der Waals surface area (Å²) in [6.45, 7) is 1.67. The number of phenols is 1. The number of carbonyl (C=O) groups is 2. The van der Waals surface area contributed by atoms with E-state index in [9.17, 15) is 14.7 Å². The summed E-state index contributed by atoms with van der Waals surface area (Å²) in [5.41, 5.74) is 2.69. The van der Waals surface area contributed by atoms with Crippen LogP contribution in [0.15, 0.2) is 84.9 Å². The van der Waals surface area contributed by atoms with Crippen molar-refractivity contribution in [2.24, 2.45) is 5.92 Å². The summed E-state index contributed by atoms with van der Waals surface area (Å²) >= 11 is 0. The van der Waals surface area contributed by atoms with Crippen molar-refractivity contribution in [3.8, 4) is 5.75 Å². The standard InChI is InChI=1S/C28H31N3O3/c32-26-14-8-7-13-24(26)30-28(34)23-15-17-31(18-16-23)20-27(33)29-25(22-11-5-2-6-12-22)19-21-9-3-1-4-10-21/h1-14,23,25,32H,15-20H2,(H,29,33)(H,30,34)/t25-/m0/s1. The van der Waals surface area contributed by atoms with Gasteiger partial charge in [-0.2, -0.15) is 0 Å². The van der Waals surface area contributed by atoms with Crippen LogP contribution in [0, 0.1) is 5.92 Å². The largest absolute Gasteiger partial charge is 0.506 e. The lowest BCUT2D eigenvalue weighted by Crippen LogP contribution is -2.44. The van der Waals surface area contributed by atoms with Crippen LogP contribution in [-0.2, 0) is 16.0 Å². The number of benzene rings is 3. The van der Waals surface area contributed by atoms with Crippen molar-refractivity contribution in [1.29, 1.82) is 0 Å². The minimum atomic E-state index is -0.130. The molecule has 2 amide bonds. The number of carbonyl (C=O) groups excluding carboxylic acids is 2. The van der Waals surface area contributed by atoms with Gasteiger partial charge in [0.1, 0.15) is 5.75 Å². The van der Waals surface area contributed by atoms with Crippen molar-refractivity contribution in [1.82, 2.24) is 10.2 Å². The lowest BCUT2D eigenvalue weighted by atomic mass is 9.95. The molecule has 3 aromatic carbocycles. The molecule has 1 heterocycles. The predicted molar refractivity (Wildman–Crippen MR) is 133 cm³/mol. The van der Waals surface area contributed by atoms with Crippen molar-refractivity contribution in [2.75, 3.05) is 25.0 Å². The van der Waals surface area contributed by atoms with Crippen LogP contribution >= 0.6 is 0 Å². The number of hydrogen-bond donors (Lipinski definition) is 3. The SMILES string of the molecule is O=C(CN1CCC(C(=O)Nc2ccccc2O)CC1)N[C@@H](Cc1ccccc1)c1ccccc1. The molecule has 4 rings (SSSR count). The molecular weight excluding hydrogens is 426 g/mol. The van der Waals surface area contributed by atoms with E-state index >= 15 is 0 Å². The van der Waals surface area contributed by atoms with E-state index in [4.69, 9.17) is 0 Å². The fourth-order valence-corrected chi connectivity index (χ4v) is 4.40. The molecule has 1 aliphatic rings. The third-order valence-electron chi connectivity index (χ3n) is 6.31. The van der Waals surface area contributed by atoms with E-state index in [0.717, 1.165) is 12.0 Å². The van der Waals surface area contributed by atoms with Gasteiger partial charge in [0, 0.05) is 5.92 Å². The molecule has 0 radical (unpaired) electrons. The lowest BCUT2D eigenvalue weighted by Gasteiger charge is -2.31. The first-order valence-corrected chi connectivity index (χ1v) is 11.8. The van der Waals surface area contributed by atoms with Crippen molar-refractivity contribution in [2.45, 2.75) is 25.3 Å². The molecule has 0 bridgehead atoms. The second-order valence-corrected chi connectivity index (χ2v) is 8.78. The number of nitrogens with one attached hydrogen (secondary N) is 2. The Hall–Kier alpha value is -3.64. The van der Waals surface area contributed by atoms with Crippen LogP contribution in [0.1, 0.15) is 30.0 Å². The minimum Gasteiger partial charge on any atom is -0.506 e. The van der Waals surface area contributed by atoms with Gasteiger partial charge < -0.3 is 15.7 Å². The van der Waals surface area contributed by atoms with Gasteiger partial charge in [0.05, 0.1) is 18.3 Å². The average Bonchev–Trinajstić information content (AvgIpc) is 2.86. The number of amides is 2. The number of nitrogens with zero attached hydrogens (tertiary/aromatic N) is 1. The second kappa shape index (κ2) is 11.5. The monoisotopic (exact) mass is 457 g/mol. The number of phenolic OH excluding ortho intramolecular Hbond substituents is 1. The zero-order valence-electron chi connectivity index (χ0n) is 19.2. The van der Waals surface area contributed by atoms with Gasteiger partial charge in [-0.05, 0) is 55.6 Å². The zero-order chi connectivity index (χ0) is 23.8. The van der Waals surface area contributed by atoms with E-state index in [1.807, 2.05) is 48.5 Å². The predicted octanol–water partition coefficient (Wildman–Crippen LogP) is 4.14. The minimum absolute atomic E-state index is 0.0121. The Morgan fingerprint density at radius 2 is 1.50 bits per heavy atom. The summed E-state index contributed by atoms with van der Waals surface area (Å²) in [6.07, 6.45) is 2.09. The Bertz CT molecular complexity index is 1080. The normalized spacial score (nSPS) is 15.4. The molecule has 1 aliphatic heterocycles. The zero-order valence-corrected chi connectivity index (χ0v) is 19.2. The van der Waals surface area contributed by atoms with Crippen LogP contribution < -0.4 is 10.6 Å². The van der Waals surface area contributed by atoms with Gasteiger partial charge in [0.25, 0.3) is 0 Å². The lowest BCUT2D eigenvalue weighted by molar-refractivity contribution is -0.124. The highest BCUT2D eigenvalue weighted by Gasteiger charge is 2.27. The fourth-order valence-electron chi connectivity index (χ4n) is 4.40. The van der Waals surface area contributed by atoms with E-state index in [1.165, 1.54) is 5.56 Å². The highest BCUT2D eigenvalue weighted by atomic mass is 16.3. The van der Waals surface area contributed by atoms with Gasteiger partial charge in [-0.15, -0.1) is 0 Å². The smallest absolute Gasteiger partial charge is 0.234 e. The van der Waals surface area contributed by atoms with Crippen molar-refractivity contribution >= 4 is 17.5 Å². The van der Waals surface area contributed by atoms with E-state index in [2.05, 4.69) is 27.7 Å². The third kappa shape index (κ3) is 6.45. The summed E-state index contributed by atoms with van der Waals surface area (Å²) < 4.78 is 0. The molecule has 0 aliphatic carbocycles. The molecular formula is C28H31N3O3. The summed E-state index contributed by atoms with van der Waals surface area (Å²) in [5, 5.41) is 15.9. The van der Waals surface area contributed by atoms with Gasteiger partial charge >= 0.3 is 0 Å². The van der Waals surface area contributed by atoms with Crippen LogP contribution in [0.25, 0.3) is 0 Å². The van der Waals surface area contributed by atoms with Crippen LogP contribution in [0.2, 0.25) is 0 Å². The average molecular weight is 458 g/mol.